The van der Waals surface area contributed by atoms with Gasteiger partial charge in [0, 0.05) is 29.4 Å². The van der Waals surface area contributed by atoms with Gasteiger partial charge >= 0.3 is 0 Å². The van der Waals surface area contributed by atoms with Crippen molar-refractivity contribution >= 4 is 24.1 Å². The second-order valence-corrected chi connectivity index (χ2v) is 12.9. The minimum Gasteiger partial charge on any atom is -0.343 e. The molecule has 1 heterocycles. The van der Waals surface area contributed by atoms with E-state index in [1.807, 2.05) is 0 Å². The lowest BCUT2D eigenvalue weighted by Gasteiger charge is -2.30. The second-order valence-electron chi connectivity index (χ2n) is 9.52. The van der Waals surface area contributed by atoms with Gasteiger partial charge in [-0.2, -0.15) is 0 Å². The molecular formula is C29H32NP. The summed E-state index contributed by atoms with van der Waals surface area (Å²) in [6, 6.07) is 25.3. The average Bonchev–Trinajstić information content (AvgIpc) is 3.21. The molecule has 1 aromatic heterocycles. The van der Waals surface area contributed by atoms with E-state index in [4.69, 9.17) is 0 Å². The van der Waals surface area contributed by atoms with E-state index in [1.165, 1.54) is 44.4 Å². The summed E-state index contributed by atoms with van der Waals surface area (Å²) in [5, 5.41) is 2.99. The Bertz CT molecular complexity index is 1270. The van der Waals surface area contributed by atoms with Gasteiger partial charge in [0.15, 0.2) is 0 Å². The Kier molecular flexibility index (Phi) is 5.06. The van der Waals surface area contributed by atoms with Crippen LogP contribution in [0, 0.1) is 6.92 Å². The van der Waals surface area contributed by atoms with Gasteiger partial charge < -0.3 is 4.57 Å². The standard InChI is InChI=1S/C29H32NP/c1-18(2)31(19(3)4)26-14-10-9-13-23(26)27-21-11-7-8-12-22(21)29-28(27)24-17-20(5)15-16-25(24)30(29)6/h7-19,27H,1-6H3. The van der Waals surface area contributed by atoms with Gasteiger partial charge in [0.25, 0.3) is 0 Å². The lowest BCUT2D eigenvalue weighted by molar-refractivity contribution is 0.971. The van der Waals surface area contributed by atoms with E-state index in [0.29, 0.717) is 17.2 Å². The lowest BCUT2D eigenvalue weighted by Crippen LogP contribution is -2.21. The minimum absolute atomic E-state index is 0.239. The van der Waals surface area contributed by atoms with Crippen LogP contribution in [-0.4, -0.2) is 15.9 Å². The van der Waals surface area contributed by atoms with Crippen LogP contribution in [0.25, 0.3) is 22.2 Å². The van der Waals surface area contributed by atoms with Crippen LogP contribution in [0.5, 0.6) is 0 Å². The summed E-state index contributed by atoms with van der Waals surface area (Å²) in [5.74, 6) is 0.301. The van der Waals surface area contributed by atoms with Gasteiger partial charge in [0.2, 0.25) is 0 Å². The molecule has 0 amide bonds. The van der Waals surface area contributed by atoms with Crippen LogP contribution in [0.1, 0.15) is 55.9 Å². The van der Waals surface area contributed by atoms with Crippen LogP contribution in [-0.2, 0) is 7.05 Å². The van der Waals surface area contributed by atoms with Crippen LogP contribution >= 0.6 is 7.92 Å². The summed E-state index contributed by atoms with van der Waals surface area (Å²) >= 11 is 0. The van der Waals surface area contributed by atoms with Crippen molar-refractivity contribution in [2.75, 3.05) is 0 Å². The van der Waals surface area contributed by atoms with Crippen molar-refractivity contribution in [2.45, 2.75) is 51.9 Å². The van der Waals surface area contributed by atoms with E-state index in [2.05, 4.69) is 113 Å². The third-order valence-corrected chi connectivity index (χ3v) is 10.0. The number of rotatable bonds is 4. The molecule has 4 aromatic rings. The minimum atomic E-state index is -0.239. The molecule has 0 spiro atoms. The number of benzene rings is 3. The Hall–Kier alpha value is -2.37. The Morgan fingerprint density at radius 1 is 0.806 bits per heavy atom. The van der Waals surface area contributed by atoms with Gasteiger partial charge in [0.05, 0.1) is 5.69 Å². The van der Waals surface area contributed by atoms with Crippen LogP contribution in [0.2, 0.25) is 0 Å². The fourth-order valence-electron chi connectivity index (χ4n) is 5.77. The summed E-state index contributed by atoms with van der Waals surface area (Å²) in [5.41, 5.74) is 11.3. The smallest absolute Gasteiger partial charge is 0.0534 e. The van der Waals surface area contributed by atoms with Crippen molar-refractivity contribution in [3.63, 3.8) is 0 Å². The van der Waals surface area contributed by atoms with Gasteiger partial charge in [-0.15, -0.1) is 0 Å². The molecule has 1 unspecified atom stereocenters. The van der Waals surface area contributed by atoms with E-state index in [0.717, 1.165) is 0 Å². The van der Waals surface area contributed by atoms with E-state index < -0.39 is 0 Å². The Morgan fingerprint density at radius 2 is 1.45 bits per heavy atom. The zero-order valence-corrected chi connectivity index (χ0v) is 20.4. The molecule has 3 aromatic carbocycles. The van der Waals surface area contributed by atoms with Crippen LogP contribution in [0.4, 0.5) is 0 Å². The molecule has 5 rings (SSSR count). The topological polar surface area (TPSA) is 4.93 Å². The highest BCUT2D eigenvalue weighted by Crippen LogP contribution is 2.54. The first kappa shape index (κ1) is 20.5. The van der Waals surface area contributed by atoms with E-state index in [9.17, 15) is 0 Å². The van der Waals surface area contributed by atoms with Crippen molar-refractivity contribution < 1.29 is 0 Å². The fourth-order valence-corrected chi connectivity index (χ4v) is 8.83. The maximum absolute atomic E-state index is 2.42. The van der Waals surface area contributed by atoms with Crippen molar-refractivity contribution in [1.29, 1.82) is 0 Å². The largest absolute Gasteiger partial charge is 0.343 e. The Balaban J connectivity index is 1.85. The summed E-state index contributed by atoms with van der Waals surface area (Å²) in [4.78, 5) is 0. The SMILES string of the molecule is Cc1ccc2c(c1)c1c(n2C)-c2ccccc2C1c1ccccc1P(C(C)C)C(C)C. The fraction of sp³-hybridized carbons (Fsp3) is 0.310. The van der Waals surface area contributed by atoms with Crippen molar-refractivity contribution in [1.82, 2.24) is 4.57 Å². The van der Waals surface area contributed by atoms with Crippen LogP contribution in [0.15, 0.2) is 66.7 Å². The number of fused-ring (bicyclic) bond motifs is 5. The third-order valence-electron chi connectivity index (χ3n) is 6.85. The van der Waals surface area contributed by atoms with Crippen molar-refractivity contribution in [2.24, 2.45) is 7.05 Å². The number of hydrogen-bond acceptors (Lipinski definition) is 0. The zero-order valence-electron chi connectivity index (χ0n) is 19.5. The van der Waals surface area contributed by atoms with Gasteiger partial charge in [-0.25, -0.2) is 0 Å². The highest BCUT2D eigenvalue weighted by Gasteiger charge is 2.37. The van der Waals surface area contributed by atoms with Gasteiger partial charge in [-0.05, 0) is 52.4 Å². The molecule has 0 radical (unpaired) electrons. The van der Waals surface area contributed by atoms with Gasteiger partial charge in [-0.3, -0.25) is 0 Å². The molecule has 2 heteroatoms. The Morgan fingerprint density at radius 3 is 2.16 bits per heavy atom. The van der Waals surface area contributed by atoms with Gasteiger partial charge in [0.1, 0.15) is 0 Å². The summed E-state index contributed by atoms with van der Waals surface area (Å²) < 4.78 is 2.42. The summed E-state index contributed by atoms with van der Waals surface area (Å²) in [7, 11) is 1.99. The first-order chi connectivity index (χ1) is 14.9. The maximum Gasteiger partial charge on any atom is 0.0534 e. The quantitative estimate of drug-likeness (QED) is 0.262. The van der Waals surface area contributed by atoms with Crippen molar-refractivity contribution in [3.05, 3.63) is 89.0 Å². The highest BCUT2D eigenvalue weighted by atomic mass is 31.1. The number of aryl methyl sites for hydroxylation is 2. The molecule has 0 saturated carbocycles. The molecule has 0 fully saturated rings. The van der Waals surface area contributed by atoms with Crippen LogP contribution < -0.4 is 5.30 Å². The molecule has 1 aliphatic rings. The maximum atomic E-state index is 2.42. The summed E-state index contributed by atoms with van der Waals surface area (Å²) in [6.45, 7) is 11.8. The van der Waals surface area contributed by atoms with Gasteiger partial charge in [-0.1, -0.05) is 95.8 Å². The lowest BCUT2D eigenvalue weighted by atomic mass is 9.88. The molecule has 1 aliphatic carbocycles. The predicted octanol–water partition coefficient (Wildman–Crippen LogP) is 7.57. The monoisotopic (exact) mass is 425 g/mol. The molecule has 0 bridgehead atoms. The zero-order chi connectivity index (χ0) is 21.9. The second kappa shape index (κ2) is 7.64. The third kappa shape index (κ3) is 3.09. The predicted molar refractivity (Wildman–Crippen MR) is 137 cm³/mol. The van der Waals surface area contributed by atoms with E-state index in [1.54, 1.807) is 5.30 Å². The average molecular weight is 426 g/mol. The van der Waals surface area contributed by atoms with Crippen LogP contribution in [0.3, 0.4) is 0 Å². The molecule has 31 heavy (non-hydrogen) atoms. The molecule has 158 valence electrons. The number of aromatic nitrogens is 1. The Labute approximate surface area is 187 Å². The first-order valence-electron chi connectivity index (χ1n) is 11.5. The molecule has 1 atom stereocenters. The molecule has 0 saturated heterocycles. The molecule has 1 nitrogen and oxygen atoms in total. The van der Waals surface area contributed by atoms with E-state index in [-0.39, 0.29) is 7.92 Å². The summed E-state index contributed by atoms with van der Waals surface area (Å²) in [6.07, 6.45) is 0. The highest BCUT2D eigenvalue weighted by molar-refractivity contribution is 7.67. The normalized spacial score (nSPS) is 15.3. The van der Waals surface area contributed by atoms with E-state index >= 15 is 0 Å². The number of nitrogens with zero attached hydrogens (tertiary/aromatic N) is 1. The van der Waals surface area contributed by atoms with Crippen molar-refractivity contribution in [3.8, 4) is 11.3 Å². The number of hydrogen-bond donors (Lipinski definition) is 0. The first-order valence-corrected chi connectivity index (χ1v) is 12.9. The molecular weight excluding hydrogens is 393 g/mol. The molecule has 0 aliphatic heterocycles. The molecule has 0 N–H and O–H groups in total.